The van der Waals surface area contributed by atoms with Gasteiger partial charge in [-0.15, -0.1) is 0 Å². The standard InChI is InChI=1S/C14H15F3N2O3/c1-13(2)10(14(15,16)17)4-6-19(13)11(20)9-7-8(12(21)22)3-5-18-9/h3,5,7,10H,4,6H2,1-2H3,(H,21,22). The maximum Gasteiger partial charge on any atom is 0.394 e. The number of pyridine rings is 1. The van der Waals surface area contributed by atoms with Crippen LogP contribution in [0.4, 0.5) is 13.2 Å². The smallest absolute Gasteiger partial charge is 0.394 e. The fourth-order valence-electron chi connectivity index (χ4n) is 2.83. The second kappa shape index (κ2) is 5.26. The highest BCUT2D eigenvalue weighted by atomic mass is 19.4. The van der Waals surface area contributed by atoms with Crippen molar-refractivity contribution in [1.82, 2.24) is 9.88 Å². The fraction of sp³-hybridized carbons (Fsp3) is 0.500. The van der Waals surface area contributed by atoms with Crippen LogP contribution in [0.25, 0.3) is 0 Å². The van der Waals surface area contributed by atoms with Gasteiger partial charge in [0.05, 0.1) is 11.5 Å². The van der Waals surface area contributed by atoms with Crippen LogP contribution in [-0.4, -0.2) is 45.1 Å². The lowest BCUT2D eigenvalue weighted by Gasteiger charge is -2.36. The van der Waals surface area contributed by atoms with Gasteiger partial charge in [0.1, 0.15) is 5.69 Å². The number of alkyl halides is 3. The Bertz CT molecular complexity index is 614. The van der Waals surface area contributed by atoms with Crippen molar-refractivity contribution in [3.8, 4) is 0 Å². The molecular formula is C14H15F3N2O3. The van der Waals surface area contributed by atoms with Crippen LogP contribution in [0, 0.1) is 5.92 Å². The number of halogens is 3. The summed E-state index contributed by atoms with van der Waals surface area (Å²) >= 11 is 0. The topological polar surface area (TPSA) is 70.5 Å². The molecule has 0 spiro atoms. The van der Waals surface area contributed by atoms with Crippen LogP contribution in [-0.2, 0) is 0 Å². The second-order valence-corrected chi connectivity index (χ2v) is 5.73. The molecular weight excluding hydrogens is 301 g/mol. The molecule has 1 aromatic heterocycles. The van der Waals surface area contributed by atoms with Crippen molar-refractivity contribution in [1.29, 1.82) is 0 Å². The zero-order valence-corrected chi connectivity index (χ0v) is 12.0. The molecule has 2 rings (SSSR count). The van der Waals surface area contributed by atoms with E-state index in [1.54, 1.807) is 0 Å². The first-order chi connectivity index (χ1) is 10.0. The van der Waals surface area contributed by atoms with Crippen LogP contribution >= 0.6 is 0 Å². The number of amides is 1. The number of carbonyl (C=O) groups excluding carboxylic acids is 1. The highest BCUT2D eigenvalue weighted by Crippen LogP contribution is 2.45. The van der Waals surface area contributed by atoms with E-state index < -0.39 is 29.5 Å². The summed E-state index contributed by atoms with van der Waals surface area (Å²) < 4.78 is 39.1. The molecule has 0 aliphatic carbocycles. The summed E-state index contributed by atoms with van der Waals surface area (Å²) in [4.78, 5) is 28.2. The molecule has 5 nitrogen and oxygen atoms in total. The number of likely N-dealkylation sites (tertiary alicyclic amines) is 1. The van der Waals surface area contributed by atoms with E-state index >= 15 is 0 Å². The van der Waals surface area contributed by atoms with E-state index in [9.17, 15) is 22.8 Å². The number of carbonyl (C=O) groups is 2. The van der Waals surface area contributed by atoms with Gasteiger partial charge in [-0.25, -0.2) is 4.79 Å². The van der Waals surface area contributed by atoms with Crippen LogP contribution in [0.1, 0.15) is 41.1 Å². The minimum absolute atomic E-state index is 0.0466. The lowest BCUT2D eigenvalue weighted by atomic mass is 9.87. The average molecular weight is 316 g/mol. The SMILES string of the molecule is CC1(C)C(C(F)(F)F)CCN1C(=O)c1cc(C(=O)O)ccn1. The number of aromatic nitrogens is 1. The van der Waals surface area contributed by atoms with Crippen molar-refractivity contribution < 1.29 is 27.9 Å². The van der Waals surface area contributed by atoms with Gasteiger partial charge in [0.2, 0.25) is 0 Å². The number of hydrogen-bond donors (Lipinski definition) is 1. The first kappa shape index (κ1) is 16.3. The number of hydrogen-bond acceptors (Lipinski definition) is 3. The molecule has 8 heteroatoms. The predicted octanol–water partition coefficient (Wildman–Crippen LogP) is 2.58. The third kappa shape index (κ3) is 2.77. The molecule has 0 radical (unpaired) electrons. The molecule has 1 aromatic rings. The molecule has 1 amide bonds. The Morgan fingerprint density at radius 2 is 2.05 bits per heavy atom. The van der Waals surface area contributed by atoms with Crippen molar-refractivity contribution >= 4 is 11.9 Å². The number of carboxylic acids is 1. The van der Waals surface area contributed by atoms with Gasteiger partial charge in [-0.05, 0) is 32.4 Å². The van der Waals surface area contributed by atoms with Crippen LogP contribution in [0.2, 0.25) is 0 Å². The van der Waals surface area contributed by atoms with Crippen LogP contribution in [0.5, 0.6) is 0 Å². The van der Waals surface area contributed by atoms with E-state index in [0.717, 1.165) is 17.2 Å². The Labute approximate surface area is 124 Å². The average Bonchev–Trinajstić information content (AvgIpc) is 2.73. The summed E-state index contributed by atoms with van der Waals surface area (Å²) in [6.45, 7) is 2.67. The molecule has 1 aliphatic rings. The monoisotopic (exact) mass is 316 g/mol. The summed E-state index contributed by atoms with van der Waals surface area (Å²) in [5.74, 6) is -3.54. The third-order valence-corrected chi connectivity index (χ3v) is 4.06. The molecule has 22 heavy (non-hydrogen) atoms. The molecule has 1 atom stereocenters. The maximum absolute atomic E-state index is 13.0. The number of aromatic carboxylic acids is 1. The molecule has 1 unspecified atom stereocenters. The molecule has 0 bridgehead atoms. The number of rotatable bonds is 2. The van der Waals surface area contributed by atoms with Crippen molar-refractivity contribution in [2.45, 2.75) is 32.0 Å². The Balaban J connectivity index is 2.31. The summed E-state index contributed by atoms with van der Waals surface area (Å²) in [5.41, 5.74) is -1.71. The van der Waals surface area contributed by atoms with E-state index in [-0.39, 0.29) is 24.2 Å². The summed E-state index contributed by atoms with van der Waals surface area (Å²) in [7, 11) is 0. The molecule has 120 valence electrons. The van der Waals surface area contributed by atoms with E-state index in [1.807, 2.05) is 0 Å². The highest BCUT2D eigenvalue weighted by Gasteiger charge is 2.56. The van der Waals surface area contributed by atoms with Gasteiger partial charge in [0, 0.05) is 18.3 Å². The van der Waals surface area contributed by atoms with Gasteiger partial charge in [-0.2, -0.15) is 13.2 Å². The lowest BCUT2D eigenvalue weighted by molar-refractivity contribution is -0.189. The van der Waals surface area contributed by atoms with Gasteiger partial charge in [0.25, 0.3) is 5.91 Å². The molecule has 1 fully saturated rings. The quantitative estimate of drug-likeness (QED) is 0.910. The molecule has 1 saturated heterocycles. The van der Waals surface area contributed by atoms with E-state index in [1.165, 1.54) is 19.9 Å². The van der Waals surface area contributed by atoms with Gasteiger partial charge in [-0.1, -0.05) is 0 Å². The zero-order valence-electron chi connectivity index (χ0n) is 12.0. The minimum atomic E-state index is -4.39. The Morgan fingerprint density at radius 1 is 1.41 bits per heavy atom. The molecule has 0 saturated carbocycles. The van der Waals surface area contributed by atoms with E-state index in [0.29, 0.717) is 0 Å². The van der Waals surface area contributed by atoms with Crippen LogP contribution < -0.4 is 0 Å². The van der Waals surface area contributed by atoms with Gasteiger partial charge < -0.3 is 10.0 Å². The molecule has 1 N–H and O–H groups in total. The normalized spacial score (nSPS) is 21.0. The summed E-state index contributed by atoms with van der Waals surface area (Å²) in [5, 5.41) is 8.91. The highest BCUT2D eigenvalue weighted by molar-refractivity contribution is 5.96. The first-order valence-corrected chi connectivity index (χ1v) is 6.63. The summed E-state index contributed by atoms with van der Waals surface area (Å²) in [6.07, 6.45) is -3.42. The lowest BCUT2D eigenvalue weighted by Crippen LogP contribution is -2.49. The van der Waals surface area contributed by atoms with Crippen molar-refractivity contribution in [2.75, 3.05) is 6.54 Å². The predicted molar refractivity (Wildman–Crippen MR) is 70.5 cm³/mol. The number of nitrogens with zero attached hydrogens (tertiary/aromatic N) is 2. The van der Waals surface area contributed by atoms with Crippen molar-refractivity contribution in [2.24, 2.45) is 5.92 Å². The summed E-state index contributed by atoms with van der Waals surface area (Å²) in [6, 6.07) is 2.29. The van der Waals surface area contributed by atoms with Gasteiger partial charge >= 0.3 is 12.1 Å². The maximum atomic E-state index is 13.0. The Hall–Kier alpha value is -2.12. The van der Waals surface area contributed by atoms with E-state index in [4.69, 9.17) is 5.11 Å². The first-order valence-electron chi connectivity index (χ1n) is 6.63. The van der Waals surface area contributed by atoms with Gasteiger partial charge in [0.15, 0.2) is 0 Å². The van der Waals surface area contributed by atoms with Gasteiger partial charge in [-0.3, -0.25) is 9.78 Å². The Morgan fingerprint density at radius 3 is 2.55 bits per heavy atom. The zero-order chi connectivity index (χ0) is 16.7. The number of carboxylic acid groups (broad SMARTS) is 1. The van der Waals surface area contributed by atoms with Crippen molar-refractivity contribution in [3.05, 3.63) is 29.6 Å². The molecule has 2 heterocycles. The van der Waals surface area contributed by atoms with Crippen LogP contribution in [0.3, 0.4) is 0 Å². The molecule has 1 aliphatic heterocycles. The largest absolute Gasteiger partial charge is 0.478 e. The molecule has 0 aromatic carbocycles. The third-order valence-electron chi connectivity index (χ3n) is 4.06. The van der Waals surface area contributed by atoms with Crippen molar-refractivity contribution in [3.63, 3.8) is 0 Å². The second-order valence-electron chi connectivity index (χ2n) is 5.73. The van der Waals surface area contributed by atoms with E-state index in [2.05, 4.69) is 4.98 Å². The fourth-order valence-corrected chi connectivity index (χ4v) is 2.83. The minimum Gasteiger partial charge on any atom is -0.478 e. The van der Waals surface area contributed by atoms with Crippen LogP contribution in [0.15, 0.2) is 18.3 Å². The Kier molecular flexibility index (Phi) is 3.88.